The van der Waals surface area contributed by atoms with E-state index < -0.39 is 36.3 Å². The molecule has 0 heterocycles. The molecule has 2 atom stereocenters. The van der Waals surface area contributed by atoms with Crippen molar-refractivity contribution in [2.45, 2.75) is 38.5 Å². The van der Waals surface area contributed by atoms with Gasteiger partial charge in [0.25, 0.3) is 5.91 Å². The number of rotatable bonds is 12. The average Bonchev–Trinajstić information content (AvgIpc) is 2.86. The van der Waals surface area contributed by atoms with Crippen LogP contribution >= 0.6 is 11.6 Å². The molecular formula is C27H31ClF2N4O3. The summed E-state index contributed by atoms with van der Waals surface area (Å²) in [7, 11) is 0. The van der Waals surface area contributed by atoms with Gasteiger partial charge in [-0.1, -0.05) is 42.8 Å². The standard InChI is InChI=1S/C27H31ClF2N4O3/c1-2-16-4-3-5-17(8-16)13-33-14-23(35)22(11-18-9-19(29)12-20(30)10-18)34-25(36)15-37-24-7-6-21(31)27(32)26(24)28/h3-10,12,22-23,33,35H,2,11,13-15,31-32H2,1H3,(H,34,36). The lowest BCUT2D eigenvalue weighted by Crippen LogP contribution is -2.49. The fourth-order valence-corrected chi connectivity index (χ4v) is 4.05. The Morgan fingerprint density at radius 2 is 1.76 bits per heavy atom. The molecule has 2 unspecified atom stereocenters. The number of aliphatic hydroxyl groups excluding tert-OH is 1. The highest BCUT2D eigenvalue weighted by Gasteiger charge is 2.23. The van der Waals surface area contributed by atoms with E-state index in [1.807, 2.05) is 18.2 Å². The second-order valence-electron chi connectivity index (χ2n) is 8.70. The van der Waals surface area contributed by atoms with Crippen molar-refractivity contribution in [1.29, 1.82) is 0 Å². The van der Waals surface area contributed by atoms with Gasteiger partial charge in [0.2, 0.25) is 0 Å². The van der Waals surface area contributed by atoms with Gasteiger partial charge < -0.3 is 31.9 Å². The Morgan fingerprint density at radius 1 is 1.05 bits per heavy atom. The maximum atomic E-state index is 13.7. The first-order valence-electron chi connectivity index (χ1n) is 11.8. The van der Waals surface area contributed by atoms with E-state index in [0.29, 0.717) is 6.54 Å². The second kappa shape index (κ2) is 13.2. The molecule has 0 spiro atoms. The van der Waals surface area contributed by atoms with Gasteiger partial charge in [0.1, 0.15) is 22.4 Å². The van der Waals surface area contributed by atoms with Gasteiger partial charge in [-0.3, -0.25) is 4.79 Å². The molecule has 0 saturated heterocycles. The van der Waals surface area contributed by atoms with Crippen LogP contribution in [0.3, 0.4) is 0 Å². The third kappa shape index (κ3) is 8.31. The number of ether oxygens (including phenoxy) is 1. The smallest absolute Gasteiger partial charge is 0.258 e. The molecule has 1 amide bonds. The SMILES string of the molecule is CCc1cccc(CNCC(O)C(Cc2cc(F)cc(F)c2)NC(=O)COc2ccc(N)c(N)c2Cl)c1. The summed E-state index contributed by atoms with van der Waals surface area (Å²) >= 11 is 6.12. The van der Waals surface area contributed by atoms with Crippen molar-refractivity contribution in [3.8, 4) is 5.75 Å². The first-order valence-corrected chi connectivity index (χ1v) is 12.2. The zero-order valence-corrected chi connectivity index (χ0v) is 21.2. The molecule has 0 aliphatic rings. The number of anilines is 2. The number of aryl methyl sites for hydroxylation is 1. The van der Waals surface area contributed by atoms with E-state index in [-0.39, 0.29) is 40.7 Å². The Hall–Kier alpha value is -3.40. The summed E-state index contributed by atoms with van der Waals surface area (Å²) in [4.78, 5) is 12.7. The third-order valence-electron chi connectivity index (χ3n) is 5.81. The highest BCUT2D eigenvalue weighted by molar-refractivity contribution is 6.35. The van der Waals surface area contributed by atoms with Crippen molar-refractivity contribution >= 4 is 28.9 Å². The van der Waals surface area contributed by atoms with Crippen molar-refractivity contribution in [3.05, 3.63) is 87.9 Å². The lowest BCUT2D eigenvalue weighted by Gasteiger charge is -2.25. The number of nitrogen functional groups attached to an aromatic ring is 2. The van der Waals surface area contributed by atoms with E-state index in [9.17, 15) is 18.7 Å². The fourth-order valence-electron chi connectivity index (χ4n) is 3.82. The molecule has 37 heavy (non-hydrogen) atoms. The van der Waals surface area contributed by atoms with Crippen LogP contribution in [-0.2, 0) is 24.2 Å². The van der Waals surface area contributed by atoms with E-state index >= 15 is 0 Å². The number of halogens is 3. The number of benzene rings is 3. The van der Waals surface area contributed by atoms with Crippen molar-refractivity contribution < 1.29 is 23.4 Å². The van der Waals surface area contributed by atoms with Gasteiger partial charge in [-0.15, -0.1) is 0 Å². The van der Waals surface area contributed by atoms with E-state index in [1.165, 1.54) is 17.7 Å². The summed E-state index contributed by atoms with van der Waals surface area (Å²) in [5.74, 6) is -1.89. The van der Waals surface area contributed by atoms with Gasteiger partial charge in [-0.25, -0.2) is 8.78 Å². The average molecular weight is 533 g/mol. The number of carbonyl (C=O) groups excluding carboxylic acids is 1. The van der Waals surface area contributed by atoms with E-state index in [1.54, 1.807) is 0 Å². The molecular weight excluding hydrogens is 502 g/mol. The summed E-state index contributed by atoms with van der Waals surface area (Å²) in [6.45, 7) is 2.26. The predicted octanol–water partition coefficient (Wildman–Crippen LogP) is 3.60. The van der Waals surface area contributed by atoms with Gasteiger partial charge in [0.05, 0.1) is 23.5 Å². The minimum absolute atomic E-state index is 0.00976. The summed E-state index contributed by atoms with van der Waals surface area (Å²) in [6, 6.07) is 13.2. The summed E-state index contributed by atoms with van der Waals surface area (Å²) < 4.78 is 33.0. The van der Waals surface area contributed by atoms with Crippen molar-refractivity contribution in [1.82, 2.24) is 10.6 Å². The van der Waals surface area contributed by atoms with Crippen LogP contribution in [0.4, 0.5) is 20.2 Å². The quantitative estimate of drug-likeness (QED) is 0.227. The van der Waals surface area contributed by atoms with Crippen LogP contribution in [0.5, 0.6) is 5.75 Å². The molecule has 7 nitrogen and oxygen atoms in total. The second-order valence-corrected chi connectivity index (χ2v) is 9.07. The maximum Gasteiger partial charge on any atom is 0.258 e. The minimum atomic E-state index is -1.07. The van der Waals surface area contributed by atoms with Crippen molar-refractivity contribution in [2.24, 2.45) is 0 Å². The number of carbonyl (C=O) groups is 1. The Morgan fingerprint density at radius 3 is 2.46 bits per heavy atom. The summed E-state index contributed by atoms with van der Waals surface area (Å²) in [5.41, 5.74) is 14.4. The maximum absolute atomic E-state index is 13.7. The van der Waals surface area contributed by atoms with Gasteiger partial charge in [-0.05, 0) is 53.8 Å². The number of nitrogens with one attached hydrogen (secondary N) is 2. The Kier molecular flexibility index (Phi) is 10.1. The molecule has 0 saturated carbocycles. The molecule has 10 heteroatoms. The molecule has 3 rings (SSSR count). The van der Waals surface area contributed by atoms with Crippen LogP contribution in [-0.4, -0.2) is 36.3 Å². The van der Waals surface area contributed by atoms with Crippen LogP contribution < -0.4 is 26.8 Å². The van der Waals surface area contributed by atoms with Crippen molar-refractivity contribution in [2.75, 3.05) is 24.6 Å². The van der Waals surface area contributed by atoms with Crippen LogP contribution in [0, 0.1) is 11.6 Å². The molecule has 0 radical (unpaired) electrons. The number of amides is 1. The number of hydrogen-bond donors (Lipinski definition) is 5. The lowest BCUT2D eigenvalue weighted by atomic mass is 10.0. The molecule has 198 valence electrons. The van der Waals surface area contributed by atoms with Gasteiger partial charge in [0.15, 0.2) is 6.61 Å². The third-order valence-corrected chi connectivity index (χ3v) is 6.20. The molecule has 3 aromatic rings. The normalized spacial score (nSPS) is 12.7. The molecule has 0 aliphatic carbocycles. The van der Waals surface area contributed by atoms with Crippen LogP contribution in [0.25, 0.3) is 0 Å². The topological polar surface area (TPSA) is 123 Å². The van der Waals surface area contributed by atoms with Gasteiger partial charge in [0, 0.05) is 19.2 Å². The monoisotopic (exact) mass is 532 g/mol. The molecule has 0 bridgehead atoms. The Balaban J connectivity index is 1.65. The van der Waals surface area contributed by atoms with Crippen LogP contribution in [0.1, 0.15) is 23.6 Å². The molecule has 0 fully saturated rings. The lowest BCUT2D eigenvalue weighted by molar-refractivity contribution is -0.124. The minimum Gasteiger partial charge on any atom is -0.482 e. The highest BCUT2D eigenvalue weighted by atomic mass is 35.5. The number of aliphatic hydroxyl groups is 1. The Labute approximate surface area is 219 Å². The molecule has 7 N–H and O–H groups in total. The van der Waals surface area contributed by atoms with E-state index in [2.05, 4.69) is 23.6 Å². The summed E-state index contributed by atoms with van der Waals surface area (Å²) in [6.07, 6.45) is -0.171. The highest BCUT2D eigenvalue weighted by Crippen LogP contribution is 2.34. The molecule has 0 aliphatic heterocycles. The number of hydrogen-bond acceptors (Lipinski definition) is 6. The zero-order chi connectivity index (χ0) is 26.9. The van der Waals surface area contributed by atoms with E-state index in [0.717, 1.165) is 30.2 Å². The summed E-state index contributed by atoms with van der Waals surface area (Å²) in [5, 5.41) is 16.8. The van der Waals surface area contributed by atoms with Gasteiger partial charge >= 0.3 is 0 Å². The van der Waals surface area contributed by atoms with Crippen LogP contribution in [0.15, 0.2) is 54.6 Å². The van der Waals surface area contributed by atoms with E-state index in [4.69, 9.17) is 27.8 Å². The predicted molar refractivity (Wildman–Crippen MR) is 141 cm³/mol. The van der Waals surface area contributed by atoms with Crippen LogP contribution in [0.2, 0.25) is 5.02 Å². The number of nitrogens with two attached hydrogens (primary N) is 2. The molecule has 0 aromatic heterocycles. The molecule has 3 aromatic carbocycles. The fraction of sp³-hybridized carbons (Fsp3) is 0.296. The first kappa shape index (κ1) is 28.2. The van der Waals surface area contributed by atoms with Gasteiger partial charge in [-0.2, -0.15) is 0 Å². The zero-order valence-electron chi connectivity index (χ0n) is 20.4. The first-order chi connectivity index (χ1) is 17.7. The Bertz CT molecular complexity index is 1210. The van der Waals surface area contributed by atoms with Crippen molar-refractivity contribution in [3.63, 3.8) is 0 Å². The largest absolute Gasteiger partial charge is 0.482 e.